The lowest BCUT2D eigenvalue weighted by Crippen LogP contribution is -2.10. The van der Waals surface area contributed by atoms with Crippen LogP contribution in [-0.2, 0) is 11.4 Å². The maximum Gasteiger partial charge on any atom is 0.387 e. The molecule has 6 nitrogen and oxygen atoms in total. The van der Waals surface area contributed by atoms with Gasteiger partial charge in [0, 0.05) is 5.56 Å². The number of ether oxygens (including phenoxy) is 3. The number of aromatic nitrogens is 1. The number of benzene rings is 4. The number of carboxylic acid groups (broad SMARTS) is 1. The summed E-state index contributed by atoms with van der Waals surface area (Å²) < 4.78 is 41.7. The Labute approximate surface area is 239 Å². The molecular weight excluding hydrogens is 548 g/mol. The van der Waals surface area contributed by atoms with E-state index >= 15 is 0 Å². The number of halogens is 2. The lowest BCUT2D eigenvalue weighted by atomic mass is 10.0. The Morgan fingerprint density at radius 1 is 0.829 bits per heavy atom. The maximum absolute atomic E-state index is 12.9. The highest BCUT2D eigenvalue weighted by Crippen LogP contribution is 2.39. The Morgan fingerprint density at radius 3 is 2.24 bits per heavy atom. The monoisotopic (exact) mass is 573 g/mol. The molecule has 0 fully saturated rings. The van der Waals surface area contributed by atoms with Gasteiger partial charge >= 0.3 is 12.6 Å². The molecule has 0 spiro atoms. The lowest BCUT2D eigenvalue weighted by Gasteiger charge is -2.09. The summed E-state index contributed by atoms with van der Waals surface area (Å²) in [6.45, 7) is -1.38. The molecule has 1 N–H and O–H groups in total. The molecule has 0 amide bonds. The maximum atomic E-state index is 12.9. The Hall–Kier alpha value is -4.76. The quantitative estimate of drug-likeness (QED) is 0.172. The van der Waals surface area contributed by atoms with Gasteiger partial charge in [-0.3, -0.25) is 0 Å². The van der Waals surface area contributed by atoms with Crippen LogP contribution in [0.1, 0.15) is 10.6 Å². The highest BCUT2D eigenvalue weighted by atomic mass is 32.1. The molecular formula is C32H25F2NO5S. The third-order valence-corrected chi connectivity index (χ3v) is 7.20. The summed E-state index contributed by atoms with van der Waals surface area (Å²) in [6, 6.07) is 29.7. The van der Waals surface area contributed by atoms with Gasteiger partial charge in [-0.15, -0.1) is 11.3 Å². The molecule has 4 aromatic carbocycles. The van der Waals surface area contributed by atoms with Crippen LogP contribution in [-0.4, -0.2) is 29.3 Å². The lowest BCUT2D eigenvalue weighted by molar-refractivity contribution is -0.139. The summed E-state index contributed by atoms with van der Waals surface area (Å²) in [4.78, 5) is 16.5. The average Bonchev–Trinajstić information content (AvgIpc) is 3.40. The van der Waals surface area contributed by atoms with E-state index in [0.29, 0.717) is 27.8 Å². The number of carbonyl (C=O) groups is 1. The molecule has 5 rings (SSSR count). The second kappa shape index (κ2) is 12.6. The van der Waals surface area contributed by atoms with Crippen LogP contribution in [0.15, 0.2) is 97.1 Å². The van der Waals surface area contributed by atoms with Gasteiger partial charge in [0.2, 0.25) is 0 Å². The molecule has 9 heteroatoms. The molecule has 5 aromatic rings. The Bertz CT molecular complexity index is 1640. The predicted octanol–water partition coefficient (Wildman–Crippen LogP) is 8.10. The molecule has 1 aromatic heterocycles. The fourth-order valence-electron chi connectivity index (χ4n) is 4.24. The molecule has 0 bridgehead atoms. The Balaban J connectivity index is 1.43. The van der Waals surface area contributed by atoms with E-state index in [1.807, 2.05) is 60.7 Å². The van der Waals surface area contributed by atoms with Gasteiger partial charge in [0.05, 0.1) is 10.6 Å². The van der Waals surface area contributed by atoms with Gasteiger partial charge in [0.25, 0.3) is 0 Å². The van der Waals surface area contributed by atoms with Gasteiger partial charge in [-0.05, 0) is 59.5 Å². The van der Waals surface area contributed by atoms with Crippen LogP contribution in [0, 0.1) is 6.92 Å². The van der Waals surface area contributed by atoms with Crippen LogP contribution >= 0.6 is 11.3 Å². The minimum Gasteiger partial charge on any atom is -0.486 e. The zero-order valence-corrected chi connectivity index (χ0v) is 22.7. The van der Waals surface area contributed by atoms with E-state index in [2.05, 4.69) is 4.74 Å². The van der Waals surface area contributed by atoms with Gasteiger partial charge in [0.15, 0.2) is 6.61 Å². The first-order chi connectivity index (χ1) is 19.9. The van der Waals surface area contributed by atoms with Gasteiger partial charge < -0.3 is 19.3 Å². The van der Waals surface area contributed by atoms with Crippen molar-refractivity contribution < 1.29 is 32.9 Å². The van der Waals surface area contributed by atoms with E-state index in [4.69, 9.17) is 19.6 Å². The smallest absolute Gasteiger partial charge is 0.387 e. The topological polar surface area (TPSA) is 77.9 Å². The van der Waals surface area contributed by atoms with Crippen molar-refractivity contribution >= 4 is 17.3 Å². The molecule has 0 saturated heterocycles. The summed E-state index contributed by atoms with van der Waals surface area (Å²) in [5.74, 6) is 0.0438. The molecule has 0 aliphatic carbocycles. The number of aliphatic carboxylic acids is 1. The number of nitrogens with zero attached hydrogens (tertiary/aromatic N) is 1. The van der Waals surface area contributed by atoms with Gasteiger partial charge in [-0.2, -0.15) is 8.78 Å². The summed E-state index contributed by atoms with van der Waals surface area (Å²) in [5.41, 5.74) is 5.17. The first-order valence-electron chi connectivity index (χ1n) is 12.6. The van der Waals surface area contributed by atoms with Crippen LogP contribution in [0.5, 0.6) is 17.2 Å². The Morgan fingerprint density at radius 2 is 1.54 bits per heavy atom. The summed E-state index contributed by atoms with van der Waals surface area (Å²) in [5, 5.41) is 9.53. The van der Waals surface area contributed by atoms with Crippen LogP contribution in [0.3, 0.4) is 0 Å². The number of rotatable bonds is 11. The molecule has 0 aliphatic rings. The van der Waals surface area contributed by atoms with Crippen molar-refractivity contribution in [2.75, 3.05) is 6.61 Å². The fourth-order valence-corrected chi connectivity index (χ4v) is 5.24. The number of aryl methyl sites for hydroxylation is 1. The summed E-state index contributed by atoms with van der Waals surface area (Å²) in [7, 11) is 0. The van der Waals surface area contributed by atoms with E-state index in [1.54, 1.807) is 37.3 Å². The molecule has 208 valence electrons. The number of hydrogen-bond acceptors (Lipinski definition) is 6. The number of hydrogen-bond donors (Lipinski definition) is 1. The average molecular weight is 574 g/mol. The third kappa shape index (κ3) is 7.06. The second-order valence-corrected chi connectivity index (χ2v) is 10.1. The second-order valence-electron chi connectivity index (χ2n) is 9.03. The van der Waals surface area contributed by atoms with Gasteiger partial charge in [-0.1, -0.05) is 66.7 Å². The highest BCUT2D eigenvalue weighted by Gasteiger charge is 2.17. The first kappa shape index (κ1) is 27.8. The molecule has 41 heavy (non-hydrogen) atoms. The molecule has 0 radical (unpaired) electrons. The zero-order valence-electron chi connectivity index (χ0n) is 21.9. The Kier molecular flexibility index (Phi) is 8.55. The van der Waals surface area contributed by atoms with Crippen molar-refractivity contribution in [3.8, 4) is 50.1 Å². The first-order valence-corrected chi connectivity index (χ1v) is 13.5. The van der Waals surface area contributed by atoms with E-state index in [0.717, 1.165) is 27.1 Å². The molecule has 0 atom stereocenters. The van der Waals surface area contributed by atoms with Crippen LogP contribution in [0.25, 0.3) is 32.8 Å². The van der Waals surface area contributed by atoms with Crippen molar-refractivity contribution in [1.29, 1.82) is 0 Å². The van der Waals surface area contributed by atoms with Gasteiger partial charge in [-0.25, -0.2) is 9.78 Å². The van der Waals surface area contributed by atoms with Crippen molar-refractivity contribution in [3.05, 3.63) is 108 Å². The predicted molar refractivity (Wildman–Crippen MR) is 154 cm³/mol. The zero-order chi connectivity index (χ0) is 28.8. The molecule has 0 aliphatic heterocycles. The summed E-state index contributed by atoms with van der Waals surface area (Å²) in [6.07, 6.45) is 0. The van der Waals surface area contributed by atoms with Crippen molar-refractivity contribution in [3.63, 3.8) is 0 Å². The minimum atomic E-state index is -2.93. The van der Waals surface area contributed by atoms with Gasteiger partial charge in [0.1, 0.15) is 28.9 Å². The fraction of sp³-hybridized carbons (Fsp3) is 0.125. The van der Waals surface area contributed by atoms with Crippen LogP contribution < -0.4 is 14.2 Å². The van der Waals surface area contributed by atoms with E-state index in [-0.39, 0.29) is 12.4 Å². The molecule has 1 heterocycles. The van der Waals surface area contributed by atoms with Crippen molar-refractivity contribution in [2.24, 2.45) is 0 Å². The van der Waals surface area contributed by atoms with E-state index in [9.17, 15) is 13.6 Å². The SMILES string of the molecule is Cc1cc(OCc2nc(-c3ccc(-c4ccccc4)cc3)c(-c3cccc(OC(F)F)c3)s2)ccc1OCC(=O)O. The molecule has 0 unspecified atom stereocenters. The van der Waals surface area contributed by atoms with E-state index < -0.39 is 19.2 Å². The van der Waals surface area contributed by atoms with Crippen LogP contribution in [0.2, 0.25) is 0 Å². The van der Waals surface area contributed by atoms with Crippen molar-refractivity contribution in [2.45, 2.75) is 20.1 Å². The third-order valence-electron chi connectivity index (χ3n) is 6.12. The largest absolute Gasteiger partial charge is 0.486 e. The normalized spacial score (nSPS) is 10.9. The number of alkyl halides is 2. The molecule has 0 saturated carbocycles. The standard InChI is InChI=1S/C32H25F2NO5S/c1-20-16-25(14-15-27(20)39-19-29(36)37)38-18-28-35-30(23-12-10-22(11-13-23)21-6-3-2-4-7-21)31(41-28)24-8-5-9-26(17-24)40-32(33)34/h2-17,32H,18-19H2,1H3,(H,36,37). The number of carboxylic acids is 1. The highest BCUT2D eigenvalue weighted by molar-refractivity contribution is 7.15. The van der Waals surface area contributed by atoms with Crippen LogP contribution in [0.4, 0.5) is 8.78 Å². The number of thiazole rings is 1. The van der Waals surface area contributed by atoms with E-state index in [1.165, 1.54) is 17.4 Å². The van der Waals surface area contributed by atoms with Crippen molar-refractivity contribution in [1.82, 2.24) is 4.98 Å². The summed E-state index contributed by atoms with van der Waals surface area (Å²) >= 11 is 1.40. The minimum absolute atomic E-state index is 0.0646.